The summed E-state index contributed by atoms with van der Waals surface area (Å²) < 4.78 is 5.20. The molecule has 15 heavy (non-hydrogen) atoms. The van der Waals surface area contributed by atoms with Gasteiger partial charge in [0.1, 0.15) is 12.4 Å². The number of carbonyl (C=O) groups is 1. The number of hydrogen-bond acceptors (Lipinski definition) is 3. The van der Waals surface area contributed by atoms with Gasteiger partial charge in [-0.25, -0.2) is 0 Å². The van der Waals surface area contributed by atoms with Gasteiger partial charge in [-0.15, -0.1) is 0 Å². The van der Waals surface area contributed by atoms with Gasteiger partial charge in [0.25, 0.3) is 0 Å². The third-order valence-corrected chi connectivity index (χ3v) is 2.01. The van der Waals surface area contributed by atoms with Gasteiger partial charge in [0.2, 0.25) is 5.91 Å². The van der Waals surface area contributed by atoms with E-state index in [9.17, 15) is 4.79 Å². The second kappa shape index (κ2) is 5.00. The molecular weight excluding hydrogens is 218 g/mol. The van der Waals surface area contributed by atoms with E-state index in [0.29, 0.717) is 5.75 Å². The van der Waals surface area contributed by atoms with E-state index < -0.39 is 12.0 Å². The number of amides is 1. The molecule has 1 aromatic carbocycles. The van der Waals surface area contributed by atoms with Gasteiger partial charge in [-0.3, -0.25) is 4.79 Å². The van der Waals surface area contributed by atoms with Crippen molar-refractivity contribution in [2.24, 2.45) is 5.73 Å². The Bertz CT molecular complexity index is 366. The molecule has 0 unspecified atom stereocenters. The van der Waals surface area contributed by atoms with Crippen molar-refractivity contribution in [3.05, 3.63) is 28.8 Å². The molecule has 0 fully saturated rings. The first-order valence-electron chi connectivity index (χ1n) is 4.41. The summed E-state index contributed by atoms with van der Waals surface area (Å²) in [7, 11) is 0. The minimum Gasteiger partial charge on any atom is -0.491 e. The number of aliphatic hydroxyl groups excluding tert-OH is 1. The minimum absolute atomic E-state index is 0.173. The molecular formula is C10H12ClNO3. The van der Waals surface area contributed by atoms with Crippen molar-refractivity contribution in [3.8, 4) is 5.75 Å². The smallest absolute Gasteiger partial charge is 0.250 e. The van der Waals surface area contributed by atoms with Gasteiger partial charge in [-0.1, -0.05) is 11.6 Å². The lowest BCUT2D eigenvalue weighted by Crippen LogP contribution is -2.14. The molecule has 0 saturated heterocycles. The standard InChI is InChI=1S/C10H12ClNO3/c1-6(13)5-15-7-2-3-8(10(12)14)9(11)4-7/h2-4,6,13H,5H2,1H3,(H2,12,14)/t6-/m1/s1. The summed E-state index contributed by atoms with van der Waals surface area (Å²) in [5.74, 6) is -0.0898. The molecule has 0 aliphatic heterocycles. The molecule has 0 spiro atoms. The van der Waals surface area contributed by atoms with Gasteiger partial charge in [-0.05, 0) is 25.1 Å². The summed E-state index contributed by atoms with van der Waals surface area (Å²) in [4.78, 5) is 10.9. The molecule has 1 aromatic rings. The van der Waals surface area contributed by atoms with Crippen LogP contribution in [0.1, 0.15) is 17.3 Å². The molecule has 1 amide bonds. The zero-order valence-electron chi connectivity index (χ0n) is 8.24. The summed E-state index contributed by atoms with van der Waals surface area (Å²) in [5.41, 5.74) is 5.33. The number of benzene rings is 1. The zero-order valence-corrected chi connectivity index (χ0v) is 8.99. The highest BCUT2D eigenvalue weighted by Gasteiger charge is 2.07. The predicted octanol–water partition coefficient (Wildman–Crippen LogP) is 1.20. The number of nitrogens with two attached hydrogens (primary N) is 1. The third kappa shape index (κ3) is 3.42. The van der Waals surface area contributed by atoms with Crippen LogP contribution in [-0.2, 0) is 0 Å². The van der Waals surface area contributed by atoms with Crippen LogP contribution in [0.5, 0.6) is 5.75 Å². The fourth-order valence-corrected chi connectivity index (χ4v) is 1.27. The number of ether oxygens (including phenoxy) is 1. The molecule has 1 atom stereocenters. The maximum absolute atomic E-state index is 10.9. The van der Waals surface area contributed by atoms with E-state index >= 15 is 0 Å². The minimum atomic E-state index is -0.581. The molecule has 0 saturated carbocycles. The second-order valence-electron chi connectivity index (χ2n) is 3.17. The number of aliphatic hydroxyl groups is 1. The van der Waals surface area contributed by atoms with Crippen molar-refractivity contribution in [2.75, 3.05) is 6.61 Å². The lowest BCUT2D eigenvalue weighted by Gasteiger charge is -2.09. The Morgan fingerprint density at radius 2 is 2.33 bits per heavy atom. The molecule has 0 aromatic heterocycles. The van der Waals surface area contributed by atoms with Crippen LogP contribution in [0.15, 0.2) is 18.2 Å². The molecule has 1 rings (SSSR count). The van der Waals surface area contributed by atoms with E-state index in [4.69, 9.17) is 27.2 Å². The lowest BCUT2D eigenvalue weighted by atomic mass is 10.2. The Balaban J connectivity index is 2.78. The highest BCUT2D eigenvalue weighted by Crippen LogP contribution is 2.22. The number of rotatable bonds is 4. The number of primary amides is 1. The summed E-state index contributed by atoms with van der Waals surface area (Å²) in [5, 5.41) is 9.23. The van der Waals surface area contributed by atoms with Gasteiger partial charge < -0.3 is 15.6 Å². The van der Waals surface area contributed by atoms with Crippen LogP contribution in [0, 0.1) is 0 Å². The van der Waals surface area contributed by atoms with Crippen LogP contribution in [0.2, 0.25) is 5.02 Å². The Hall–Kier alpha value is -1.26. The number of hydrogen-bond donors (Lipinski definition) is 2. The molecule has 0 heterocycles. The van der Waals surface area contributed by atoms with Crippen LogP contribution in [0.4, 0.5) is 0 Å². The highest BCUT2D eigenvalue weighted by molar-refractivity contribution is 6.33. The van der Waals surface area contributed by atoms with Crippen LogP contribution in [-0.4, -0.2) is 23.7 Å². The van der Waals surface area contributed by atoms with Crippen LogP contribution in [0.25, 0.3) is 0 Å². The molecule has 82 valence electrons. The summed E-state index contributed by atoms with van der Waals surface area (Å²) >= 11 is 5.80. The van der Waals surface area contributed by atoms with E-state index in [1.165, 1.54) is 12.1 Å². The molecule has 0 bridgehead atoms. The SMILES string of the molecule is C[C@@H](O)COc1ccc(C(N)=O)c(Cl)c1. The van der Waals surface area contributed by atoms with Crippen LogP contribution >= 0.6 is 11.6 Å². The molecule has 0 aliphatic carbocycles. The second-order valence-corrected chi connectivity index (χ2v) is 3.57. The summed E-state index contributed by atoms with van der Waals surface area (Å²) in [6, 6.07) is 4.56. The zero-order chi connectivity index (χ0) is 11.4. The Morgan fingerprint density at radius 1 is 1.67 bits per heavy atom. The Labute approximate surface area is 92.6 Å². The predicted molar refractivity (Wildman–Crippen MR) is 57.1 cm³/mol. The molecule has 0 aliphatic rings. The average molecular weight is 230 g/mol. The van der Waals surface area contributed by atoms with Crippen LogP contribution in [0.3, 0.4) is 0 Å². The third-order valence-electron chi connectivity index (χ3n) is 1.70. The van der Waals surface area contributed by atoms with E-state index in [2.05, 4.69) is 0 Å². The van der Waals surface area contributed by atoms with Crippen LogP contribution < -0.4 is 10.5 Å². The van der Waals surface area contributed by atoms with Crippen molar-refractivity contribution >= 4 is 17.5 Å². The van der Waals surface area contributed by atoms with E-state index in [1.807, 2.05) is 0 Å². The Kier molecular flexibility index (Phi) is 3.94. The summed E-state index contributed by atoms with van der Waals surface area (Å²) in [6.07, 6.45) is -0.556. The van der Waals surface area contributed by atoms with Gasteiger partial charge in [0.15, 0.2) is 0 Å². The maximum Gasteiger partial charge on any atom is 0.250 e. The largest absolute Gasteiger partial charge is 0.491 e. The first-order valence-corrected chi connectivity index (χ1v) is 4.78. The monoisotopic (exact) mass is 229 g/mol. The molecule has 3 N–H and O–H groups in total. The van der Waals surface area contributed by atoms with E-state index in [-0.39, 0.29) is 17.2 Å². The van der Waals surface area contributed by atoms with Gasteiger partial charge in [0.05, 0.1) is 16.7 Å². The first kappa shape index (κ1) is 11.8. The van der Waals surface area contributed by atoms with Gasteiger partial charge >= 0.3 is 0 Å². The molecule has 0 radical (unpaired) electrons. The van der Waals surface area contributed by atoms with Gasteiger partial charge in [-0.2, -0.15) is 0 Å². The van der Waals surface area contributed by atoms with E-state index in [1.54, 1.807) is 13.0 Å². The van der Waals surface area contributed by atoms with Gasteiger partial charge in [0, 0.05) is 0 Å². The number of carbonyl (C=O) groups excluding carboxylic acids is 1. The highest BCUT2D eigenvalue weighted by atomic mass is 35.5. The molecule has 5 heteroatoms. The fraction of sp³-hybridized carbons (Fsp3) is 0.300. The first-order chi connectivity index (χ1) is 7.00. The van der Waals surface area contributed by atoms with Crippen molar-refractivity contribution in [1.29, 1.82) is 0 Å². The fourth-order valence-electron chi connectivity index (χ4n) is 1.00. The maximum atomic E-state index is 10.9. The summed E-state index contributed by atoms with van der Waals surface area (Å²) in [6.45, 7) is 1.78. The normalized spacial score (nSPS) is 12.2. The van der Waals surface area contributed by atoms with Crippen molar-refractivity contribution in [1.82, 2.24) is 0 Å². The average Bonchev–Trinajstić information content (AvgIpc) is 2.14. The van der Waals surface area contributed by atoms with E-state index in [0.717, 1.165) is 0 Å². The van der Waals surface area contributed by atoms with Crippen molar-refractivity contribution < 1.29 is 14.6 Å². The van der Waals surface area contributed by atoms with Crippen molar-refractivity contribution in [3.63, 3.8) is 0 Å². The molecule has 4 nitrogen and oxygen atoms in total. The Morgan fingerprint density at radius 3 is 2.80 bits per heavy atom. The quantitative estimate of drug-likeness (QED) is 0.815. The lowest BCUT2D eigenvalue weighted by molar-refractivity contribution is 0.1000. The van der Waals surface area contributed by atoms with Crippen molar-refractivity contribution in [2.45, 2.75) is 13.0 Å². The number of halogens is 1. The topological polar surface area (TPSA) is 72.6 Å².